The Morgan fingerprint density at radius 1 is 1.64 bits per heavy atom. The first-order valence-corrected chi connectivity index (χ1v) is 3.00. The topological polar surface area (TPSA) is 84.9 Å². The molecule has 0 saturated carbocycles. The van der Waals surface area contributed by atoms with Gasteiger partial charge < -0.3 is 10.2 Å². The molecule has 0 aliphatic heterocycles. The fourth-order valence-electron chi connectivity index (χ4n) is 0.896. The second kappa shape index (κ2) is 1.85. The van der Waals surface area contributed by atoms with Crippen molar-refractivity contribution in [2.45, 2.75) is 0 Å². The molecular weight excluding hydrogens is 146 g/mol. The number of fused-ring (bicyclic) bond motifs is 1. The molecule has 0 amide bonds. The highest BCUT2D eigenvalue weighted by Gasteiger charge is 2.02. The van der Waals surface area contributed by atoms with Crippen LogP contribution < -0.4 is 11.4 Å². The number of furan rings is 1. The fraction of sp³-hybridized carbons (Fsp3) is 0. The number of hydrogen-bond donors (Lipinski definition) is 2. The third-order valence-corrected chi connectivity index (χ3v) is 1.38. The number of aromatic amines is 1. The van der Waals surface area contributed by atoms with Crippen molar-refractivity contribution >= 4 is 16.9 Å². The standard InChI is InChI=1S/C6H5N3O2/c7-4-3-1-2-11-5(3)9-6(10)8-4/h1-2H,(H3,7,8,9,10). The van der Waals surface area contributed by atoms with Gasteiger partial charge >= 0.3 is 5.69 Å². The Labute approximate surface area is 60.8 Å². The molecular formula is C6H5N3O2. The molecule has 2 rings (SSSR count). The van der Waals surface area contributed by atoms with Crippen molar-refractivity contribution in [3.05, 3.63) is 22.8 Å². The Bertz CT molecular complexity index is 442. The number of nitrogens with zero attached hydrogens (tertiary/aromatic N) is 1. The van der Waals surface area contributed by atoms with Crippen LogP contribution in [0.4, 0.5) is 5.82 Å². The van der Waals surface area contributed by atoms with Crippen LogP contribution in [0.15, 0.2) is 21.5 Å². The third-order valence-electron chi connectivity index (χ3n) is 1.38. The second-order valence-corrected chi connectivity index (χ2v) is 2.10. The quantitative estimate of drug-likeness (QED) is 0.559. The van der Waals surface area contributed by atoms with Gasteiger partial charge in [-0.05, 0) is 6.07 Å². The lowest BCUT2D eigenvalue weighted by Gasteiger charge is -1.90. The van der Waals surface area contributed by atoms with E-state index < -0.39 is 5.69 Å². The van der Waals surface area contributed by atoms with Crippen molar-refractivity contribution in [1.82, 2.24) is 9.97 Å². The molecule has 0 unspecified atom stereocenters. The number of nitrogens with one attached hydrogen (secondary N) is 1. The van der Waals surface area contributed by atoms with Gasteiger partial charge in [0.15, 0.2) is 0 Å². The number of H-pyrrole nitrogens is 1. The van der Waals surface area contributed by atoms with Crippen LogP contribution in [0.25, 0.3) is 11.1 Å². The average molecular weight is 151 g/mol. The molecule has 3 N–H and O–H groups in total. The van der Waals surface area contributed by atoms with Crippen molar-refractivity contribution < 1.29 is 4.42 Å². The highest BCUT2D eigenvalue weighted by atomic mass is 16.3. The number of nitrogens with two attached hydrogens (primary N) is 1. The number of hydrogen-bond acceptors (Lipinski definition) is 4. The average Bonchev–Trinajstić information content (AvgIpc) is 2.34. The lowest BCUT2D eigenvalue weighted by molar-refractivity contribution is 0.601. The van der Waals surface area contributed by atoms with E-state index in [2.05, 4.69) is 9.97 Å². The smallest absolute Gasteiger partial charge is 0.349 e. The molecule has 2 heterocycles. The van der Waals surface area contributed by atoms with Crippen molar-refractivity contribution in [1.29, 1.82) is 0 Å². The summed E-state index contributed by atoms with van der Waals surface area (Å²) in [5, 5.41) is 0.629. The van der Waals surface area contributed by atoms with Crippen molar-refractivity contribution in [2.24, 2.45) is 0 Å². The summed E-state index contributed by atoms with van der Waals surface area (Å²) in [6, 6.07) is 1.65. The lowest BCUT2D eigenvalue weighted by Crippen LogP contribution is -2.11. The van der Waals surface area contributed by atoms with E-state index in [-0.39, 0.29) is 11.5 Å². The highest BCUT2D eigenvalue weighted by Crippen LogP contribution is 2.14. The van der Waals surface area contributed by atoms with Crippen LogP contribution >= 0.6 is 0 Å². The summed E-state index contributed by atoms with van der Waals surface area (Å²) in [5.74, 6) is 0.286. The summed E-state index contributed by atoms with van der Waals surface area (Å²) in [7, 11) is 0. The Balaban J connectivity index is 3.02. The van der Waals surface area contributed by atoms with Gasteiger partial charge in [0, 0.05) is 0 Å². The van der Waals surface area contributed by atoms with Gasteiger partial charge in [-0.3, -0.25) is 4.98 Å². The Morgan fingerprint density at radius 2 is 2.45 bits per heavy atom. The molecule has 56 valence electrons. The molecule has 5 nitrogen and oxygen atoms in total. The van der Waals surface area contributed by atoms with Gasteiger partial charge in [0.1, 0.15) is 5.82 Å². The van der Waals surface area contributed by atoms with Crippen LogP contribution in [0.2, 0.25) is 0 Å². The maximum absolute atomic E-state index is 10.7. The molecule has 0 aliphatic carbocycles. The largest absolute Gasteiger partial charge is 0.446 e. The van der Waals surface area contributed by atoms with Gasteiger partial charge in [0.05, 0.1) is 11.6 Å². The lowest BCUT2D eigenvalue weighted by atomic mass is 10.4. The molecule has 0 aromatic carbocycles. The maximum Gasteiger partial charge on any atom is 0.349 e. The zero-order valence-electron chi connectivity index (χ0n) is 5.50. The predicted molar refractivity (Wildman–Crippen MR) is 39.0 cm³/mol. The summed E-state index contributed by atoms with van der Waals surface area (Å²) in [4.78, 5) is 16.6. The third kappa shape index (κ3) is 0.778. The first-order chi connectivity index (χ1) is 5.27. The molecule has 2 aromatic rings. The van der Waals surface area contributed by atoms with Crippen LogP contribution in [-0.2, 0) is 0 Å². The van der Waals surface area contributed by atoms with Crippen molar-refractivity contribution in [2.75, 3.05) is 5.73 Å². The van der Waals surface area contributed by atoms with E-state index in [0.717, 1.165) is 0 Å². The normalized spacial score (nSPS) is 10.5. The SMILES string of the molecule is Nc1[nH]c(=O)nc2occc12. The van der Waals surface area contributed by atoms with E-state index in [4.69, 9.17) is 10.2 Å². The summed E-state index contributed by atoms with van der Waals surface area (Å²) >= 11 is 0. The molecule has 0 aliphatic rings. The van der Waals surface area contributed by atoms with Crippen LogP contribution in [-0.4, -0.2) is 9.97 Å². The van der Waals surface area contributed by atoms with Crippen LogP contribution in [0.1, 0.15) is 0 Å². The van der Waals surface area contributed by atoms with Gasteiger partial charge in [-0.15, -0.1) is 0 Å². The minimum Gasteiger partial charge on any atom is -0.446 e. The maximum atomic E-state index is 10.7. The first-order valence-electron chi connectivity index (χ1n) is 3.00. The molecule has 11 heavy (non-hydrogen) atoms. The Morgan fingerprint density at radius 3 is 3.27 bits per heavy atom. The molecule has 0 bridgehead atoms. The molecule has 5 heteroatoms. The number of aromatic nitrogens is 2. The zero-order valence-corrected chi connectivity index (χ0v) is 5.50. The van der Waals surface area contributed by atoms with Crippen molar-refractivity contribution in [3.63, 3.8) is 0 Å². The van der Waals surface area contributed by atoms with E-state index in [9.17, 15) is 4.79 Å². The minimum absolute atomic E-state index is 0.270. The Hall–Kier alpha value is -1.78. The highest BCUT2D eigenvalue weighted by molar-refractivity contribution is 5.83. The predicted octanol–water partition coefficient (Wildman–Crippen LogP) is 0.0983. The van der Waals surface area contributed by atoms with Crippen LogP contribution in [0, 0.1) is 0 Å². The van der Waals surface area contributed by atoms with Gasteiger partial charge in [0.2, 0.25) is 5.71 Å². The fourth-order valence-corrected chi connectivity index (χ4v) is 0.896. The molecule has 0 fully saturated rings. The molecule has 2 aromatic heterocycles. The summed E-state index contributed by atoms with van der Waals surface area (Å²) in [6.45, 7) is 0. The van der Waals surface area contributed by atoms with Gasteiger partial charge in [-0.2, -0.15) is 4.98 Å². The molecule has 0 atom stereocenters. The number of rotatable bonds is 0. The minimum atomic E-state index is -0.495. The van der Waals surface area contributed by atoms with E-state index in [0.29, 0.717) is 5.39 Å². The van der Waals surface area contributed by atoms with E-state index in [1.165, 1.54) is 6.26 Å². The first kappa shape index (κ1) is 5.96. The monoisotopic (exact) mass is 151 g/mol. The van der Waals surface area contributed by atoms with E-state index in [1.54, 1.807) is 6.07 Å². The Kier molecular flexibility index (Phi) is 1.00. The molecule has 0 spiro atoms. The molecule has 0 saturated heterocycles. The molecule has 0 radical (unpaired) electrons. The summed E-state index contributed by atoms with van der Waals surface area (Å²) in [5.41, 5.74) is 5.22. The zero-order chi connectivity index (χ0) is 7.84. The summed E-state index contributed by atoms with van der Waals surface area (Å²) in [6.07, 6.45) is 1.43. The van der Waals surface area contributed by atoms with Crippen LogP contribution in [0.5, 0.6) is 0 Å². The number of nitrogen functional groups attached to an aromatic ring is 1. The van der Waals surface area contributed by atoms with E-state index >= 15 is 0 Å². The van der Waals surface area contributed by atoms with Gasteiger partial charge in [-0.25, -0.2) is 4.79 Å². The van der Waals surface area contributed by atoms with Crippen LogP contribution in [0.3, 0.4) is 0 Å². The summed E-state index contributed by atoms with van der Waals surface area (Å²) < 4.78 is 4.87. The van der Waals surface area contributed by atoms with E-state index in [1.807, 2.05) is 0 Å². The van der Waals surface area contributed by atoms with Gasteiger partial charge in [0.25, 0.3) is 0 Å². The second-order valence-electron chi connectivity index (χ2n) is 2.10. The van der Waals surface area contributed by atoms with Gasteiger partial charge in [-0.1, -0.05) is 0 Å². The number of anilines is 1. The van der Waals surface area contributed by atoms with Crippen molar-refractivity contribution in [3.8, 4) is 0 Å².